The van der Waals surface area contributed by atoms with Crippen LogP contribution in [-0.2, 0) is 9.59 Å². The summed E-state index contributed by atoms with van der Waals surface area (Å²) in [6.45, 7) is 5.55. The van der Waals surface area contributed by atoms with Crippen molar-refractivity contribution in [2.75, 3.05) is 16.4 Å². The molecule has 2 rings (SSSR count). The van der Waals surface area contributed by atoms with Crippen molar-refractivity contribution in [2.24, 2.45) is 0 Å². The minimum atomic E-state index is -0.811. The lowest BCUT2D eigenvalue weighted by atomic mass is 10.1. The van der Waals surface area contributed by atoms with Gasteiger partial charge in [-0.05, 0) is 56.2 Å². The number of para-hydroxylation sites is 2. The number of halogens is 2. The Labute approximate surface area is 168 Å². The molecule has 0 heterocycles. The number of hydrogen-bond donors (Lipinski definition) is 2. The maximum absolute atomic E-state index is 13.6. The second-order valence-electron chi connectivity index (χ2n) is 6.52. The zero-order valence-electron chi connectivity index (χ0n) is 16.1. The minimum absolute atomic E-state index is 0.0801. The van der Waals surface area contributed by atoms with Crippen molar-refractivity contribution in [2.45, 2.75) is 38.9 Å². The number of rotatable bonds is 8. The number of aryl methyl sites for hydroxylation is 2. The molecule has 2 aromatic carbocycles. The van der Waals surface area contributed by atoms with Gasteiger partial charge in [0.05, 0.1) is 5.25 Å². The van der Waals surface area contributed by atoms with E-state index in [0.29, 0.717) is 18.6 Å². The molecule has 28 heavy (non-hydrogen) atoms. The van der Waals surface area contributed by atoms with Crippen LogP contribution in [0.5, 0.6) is 0 Å². The summed E-state index contributed by atoms with van der Waals surface area (Å²) in [6, 6.07) is 9.24. The van der Waals surface area contributed by atoms with Gasteiger partial charge in [-0.1, -0.05) is 24.3 Å². The van der Waals surface area contributed by atoms with Crippen molar-refractivity contribution in [1.82, 2.24) is 0 Å². The van der Waals surface area contributed by atoms with Crippen LogP contribution in [0.4, 0.5) is 20.2 Å². The first-order chi connectivity index (χ1) is 13.3. The Bertz CT molecular complexity index is 818. The van der Waals surface area contributed by atoms with E-state index in [0.717, 1.165) is 28.9 Å². The van der Waals surface area contributed by atoms with Crippen LogP contribution in [0.3, 0.4) is 0 Å². The maximum Gasteiger partial charge on any atom is 0.237 e. The fourth-order valence-electron chi connectivity index (χ4n) is 2.62. The summed E-state index contributed by atoms with van der Waals surface area (Å²) in [5.41, 5.74) is 2.41. The molecule has 1 unspecified atom stereocenters. The van der Waals surface area contributed by atoms with Gasteiger partial charge in [0.1, 0.15) is 17.3 Å². The summed E-state index contributed by atoms with van der Waals surface area (Å²) in [7, 11) is 0. The fraction of sp³-hybridized carbons (Fsp3) is 0.333. The summed E-state index contributed by atoms with van der Waals surface area (Å²) < 4.78 is 27.2. The average Bonchev–Trinajstić information content (AvgIpc) is 2.64. The van der Waals surface area contributed by atoms with Gasteiger partial charge in [0.2, 0.25) is 11.8 Å². The van der Waals surface area contributed by atoms with Crippen LogP contribution in [0.25, 0.3) is 0 Å². The lowest BCUT2D eigenvalue weighted by molar-refractivity contribution is -0.116. The normalized spacial score (nSPS) is 11.8. The van der Waals surface area contributed by atoms with E-state index in [4.69, 9.17) is 0 Å². The second kappa shape index (κ2) is 10.2. The molecule has 4 nitrogen and oxygen atoms in total. The Morgan fingerprint density at radius 1 is 0.964 bits per heavy atom. The summed E-state index contributed by atoms with van der Waals surface area (Å²) in [5.74, 6) is -1.60. The molecule has 2 N–H and O–H groups in total. The van der Waals surface area contributed by atoms with Gasteiger partial charge >= 0.3 is 0 Å². The van der Waals surface area contributed by atoms with Crippen LogP contribution in [-0.4, -0.2) is 22.8 Å². The molecule has 2 amide bonds. The topological polar surface area (TPSA) is 58.2 Å². The van der Waals surface area contributed by atoms with Gasteiger partial charge in [-0.15, -0.1) is 11.8 Å². The molecule has 0 saturated heterocycles. The Hall–Kier alpha value is -2.41. The molecule has 0 bridgehead atoms. The maximum atomic E-state index is 13.6. The summed E-state index contributed by atoms with van der Waals surface area (Å²) >= 11 is 1.33. The van der Waals surface area contributed by atoms with Crippen LogP contribution in [0.15, 0.2) is 36.4 Å². The molecule has 0 aliphatic heterocycles. The highest BCUT2D eigenvalue weighted by Gasteiger charge is 2.17. The van der Waals surface area contributed by atoms with Gasteiger partial charge in [0, 0.05) is 12.1 Å². The highest BCUT2D eigenvalue weighted by Crippen LogP contribution is 2.22. The van der Waals surface area contributed by atoms with Gasteiger partial charge in [0.25, 0.3) is 0 Å². The predicted octanol–water partition coefficient (Wildman–Crippen LogP) is 5.06. The molecule has 0 fully saturated rings. The molecule has 2 aromatic rings. The first-order valence-electron chi connectivity index (χ1n) is 9.02. The number of nitrogens with one attached hydrogen (secondary N) is 2. The minimum Gasteiger partial charge on any atom is -0.326 e. The summed E-state index contributed by atoms with van der Waals surface area (Å²) in [6.07, 6.45) is 0.921. The number of thioether (sulfide) groups is 1. The van der Waals surface area contributed by atoms with Crippen molar-refractivity contribution >= 4 is 35.0 Å². The van der Waals surface area contributed by atoms with E-state index in [2.05, 4.69) is 10.6 Å². The quantitative estimate of drug-likeness (QED) is 0.603. The molecule has 0 spiro atoms. The third-order valence-electron chi connectivity index (χ3n) is 4.24. The molecule has 1 atom stereocenters. The molecule has 0 aromatic heterocycles. The van der Waals surface area contributed by atoms with Crippen LogP contribution in [0.2, 0.25) is 0 Å². The van der Waals surface area contributed by atoms with E-state index in [1.54, 1.807) is 6.92 Å². The summed E-state index contributed by atoms with van der Waals surface area (Å²) in [5, 5.41) is 4.71. The Morgan fingerprint density at radius 3 is 2.14 bits per heavy atom. The van der Waals surface area contributed by atoms with Crippen LogP contribution in [0, 0.1) is 25.5 Å². The first-order valence-corrected chi connectivity index (χ1v) is 10.1. The van der Waals surface area contributed by atoms with E-state index in [9.17, 15) is 18.4 Å². The third kappa shape index (κ3) is 6.05. The highest BCUT2D eigenvalue weighted by molar-refractivity contribution is 8.00. The molecule has 7 heteroatoms. The van der Waals surface area contributed by atoms with E-state index < -0.39 is 28.5 Å². The zero-order chi connectivity index (χ0) is 20.7. The van der Waals surface area contributed by atoms with Crippen LogP contribution < -0.4 is 10.6 Å². The van der Waals surface area contributed by atoms with Gasteiger partial charge in [0.15, 0.2) is 0 Å². The van der Waals surface area contributed by atoms with E-state index in [1.165, 1.54) is 17.8 Å². The zero-order valence-corrected chi connectivity index (χ0v) is 17.0. The smallest absolute Gasteiger partial charge is 0.237 e. The number of hydrogen-bond acceptors (Lipinski definition) is 3. The molecule has 0 aliphatic rings. The predicted molar refractivity (Wildman–Crippen MR) is 111 cm³/mol. The molecular formula is C21H24F2N2O2S. The van der Waals surface area contributed by atoms with Crippen molar-refractivity contribution in [3.63, 3.8) is 0 Å². The van der Waals surface area contributed by atoms with E-state index >= 15 is 0 Å². The molecule has 0 radical (unpaired) electrons. The van der Waals surface area contributed by atoms with Crippen molar-refractivity contribution in [3.05, 3.63) is 59.2 Å². The van der Waals surface area contributed by atoms with Gasteiger partial charge in [-0.25, -0.2) is 8.78 Å². The van der Waals surface area contributed by atoms with Crippen LogP contribution in [0.1, 0.15) is 30.9 Å². The molecule has 0 aliphatic carbocycles. The standard InChI is InChI=1S/C21H24F2N2O2S/c1-13-7-4-8-14(2)19(13)24-18(26)11-6-12-28-15(3)21(27)25-20-16(22)9-5-10-17(20)23/h4-5,7-10,15H,6,11-12H2,1-3H3,(H,24,26)(H,25,27). The number of carbonyl (C=O) groups excluding carboxylic acids is 2. The van der Waals surface area contributed by atoms with Gasteiger partial charge < -0.3 is 10.6 Å². The molecular weight excluding hydrogens is 382 g/mol. The van der Waals surface area contributed by atoms with Crippen molar-refractivity contribution in [1.29, 1.82) is 0 Å². The largest absolute Gasteiger partial charge is 0.326 e. The lowest BCUT2D eigenvalue weighted by Gasteiger charge is -2.13. The van der Waals surface area contributed by atoms with Crippen molar-refractivity contribution < 1.29 is 18.4 Å². The van der Waals surface area contributed by atoms with E-state index in [-0.39, 0.29) is 5.91 Å². The monoisotopic (exact) mass is 406 g/mol. The van der Waals surface area contributed by atoms with Gasteiger partial charge in [-0.3, -0.25) is 9.59 Å². The van der Waals surface area contributed by atoms with Gasteiger partial charge in [-0.2, -0.15) is 0 Å². The average molecular weight is 406 g/mol. The van der Waals surface area contributed by atoms with Crippen LogP contribution >= 0.6 is 11.8 Å². The lowest BCUT2D eigenvalue weighted by Crippen LogP contribution is -2.24. The SMILES string of the molecule is Cc1cccc(C)c1NC(=O)CCCSC(C)C(=O)Nc1c(F)cccc1F. The number of anilines is 2. The number of amides is 2. The Balaban J connectivity index is 1.75. The Kier molecular flexibility index (Phi) is 7.99. The molecule has 150 valence electrons. The Morgan fingerprint density at radius 2 is 1.54 bits per heavy atom. The van der Waals surface area contributed by atoms with Crippen molar-refractivity contribution in [3.8, 4) is 0 Å². The third-order valence-corrected chi connectivity index (χ3v) is 5.48. The van der Waals surface area contributed by atoms with E-state index in [1.807, 2.05) is 32.0 Å². The molecule has 0 saturated carbocycles. The number of benzene rings is 2. The first kappa shape index (κ1) is 21.9. The number of carbonyl (C=O) groups is 2. The fourth-order valence-corrected chi connectivity index (χ4v) is 3.50. The highest BCUT2D eigenvalue weighted by atomic mass is 32.2. The second-order valence-corrected chi connectivity index (χ2v) is 7.97. The summed E-state index contributed by atoms with van der Waals surface area (Å²) in [4.78, 5) is 24.2.